The second-order valence-corrected chi connectivity index (χ2v) is 6.18. The van der Waals surface area contributed by atoms with Gasteiger partial charge < -0.3 is 9.16 Å². The van der Waals surface area contributed by atoms with Crippen LogP contribution in [0.1, 0.15) is 11.1 Å². The third kappa shape index (κ3) is 4.49. The van der Waals surface area contributed by atoms with E-state index in [4.69, 9.17) is 9.16 Å². The molecule has 0 fully saturated rings. The molecule has 0 radical (unpaired) electrons. The molecule has 0 aliphatic rings. The standard InChI is InChI=1S/C21H22O2Si/c24-23-21-14-8-7-13-20(21)22-19(15-17-9-3-1-4-10-17)16-18-11-5-2-6-12-18/h1-14,19H,15-16H2,24H3. The van der Waals surface area contributed by atoms with Crippen molar-refractivity contribution in [2.24, 2.45) is 0 Å². The SMILES string of the molecule is [SiH3]Oc1ccccc1OC(Cc1ccccc1)Cc1ccccc1. The van der Waals surface area contributed by atoms with Gasteiger partial charge >= 0.3 is 0 Å². The van der Waals surface area contributed by atoms with Gasteiger partial charge in [0.25, 0.3) is 0 Å². The summed E-state index contributed by atoms with van der Waals surface area (Å²) in [6.45, 7) is 0. The molecular weight excluding hydrogens is 312 g/mol. The number of para-hydroxylation sites is 2. The van der Waals surface area contributed by atoms with Gasteiger partial charge in [-0.3, -0.25) is 0 Å². The maximum Gasteiger partial charge on any atom is 0.204 e. The van der Waals surface area contributed by atoms with Crippen LogP contribution in [0.5, 0.6) is 11.5 Å². The Labute approximate surface area is 146 Å². The highest BCUT2D eigenvalue weighted by atomic mass is 28.2. The Morgan fingerprint density at radius 1 is 0.625 bits per heavy atom. The molecule has 0 unspecified atom stereocenters. The third-order valence-electron chi connectivity index (χ3n) is 3.98. The first-order valence-corrected chi connectivity index (χ1v) is 9.04. The number of benzene rings is 3. The summed E-state index contributed by atoms with van der Waals surface area (Å²) in [5, 5.41) is 0. The molecule has 0 aliphatic heterocycles. The van der Waals surface area contributed by atoms with Crippen LogP contribution in [0.25, 0.3) is 0 Å². The van der Waals surface area contributed by atoms with Crippen LogP contribution in [0, 0.1) is 0 Å². The molecule has 0 N–H and O–H groups in total. The molecule has 0 bridgehead atoms. The zero-order valence-electron chi connectivity index (χ0n) is 13.9. The van der Waals surface area contributed by atoms with Crippen LogP contribution >= 0.6 is 0 Å². The van der Waals surface area contributed by atoms with E-state index in [1.807, 2.05) is 36.4 Å². The summed E-state index contributed by atoms with van der Waals surface area (Å²) in [6.07, 6.45) is 1.80. The van der Waals surface area contributed by atoms with Gasteiger partial charge in [0.2, 0.25) is 10.5 Å². The average Bonchev–Trinajstić information content (AvgIpc) is 2.64. The van der Waals surface area contributed by atoms with Gasteiger partial charge in [-0.25, -0.2) is 0 Å². The van der Waals surface area contributed by atoms with Gasteiger partial charge in [0.1, 0.15) is 11.9 Å². The van der Waals surface area contributed by atoms with Gasteiger partial charge in [0, 0.05) is 12.8 Å². The molecule has 0 aromatic heterocycles. The molecular formula is C21H22O2Si. The van der Waals surface area contributed by atoms with Crippen LogP contribution in [-0.2, 0) is 12.8 Å². The minimum Gasteiger partial charge on any atom is -0.551 e. The van der Waals surface area contributed by atoms with E-state index in [1.165, 1.54) is 11.1 Å². The van der Waals surface area contributed by atoms with Gasteiger partial charge in [0.15, 0.2) is 5.75 Å². The molecule has 0 saturated carbocycles. The Balaban J connectivity index is 1.81. The highest BCUT2D eigenvalue weighted by molar-refractivity contribution is 6.00. The summed E-state index contributed by atoms with van der Waals surface area (Å²) in [4.78, 5) is 0. The molecule has 3 rings (SSSR count). The van der Waals surface area contributed by atoms with Crippen molar-refractivity contribution in [3.8, 4) is 11.5 Å². The second kappa shape index (κ2) is 8.36. The van der Waals surface area contributed by atoms with Crippen LogP contribution in [0.2, 0.25) is 0 Å². The summed E-state index contributed by atoms with van der Waals surface area (Å²) in [5.41, 5.74) is 2.56. The smallest absolute Gasteiger partial charge is 0.204 e. The highest BCUT2D eigenvalue weighted by Gasteiger charge is 2.15. The lowest BCUT2D eigenvalue weighted by molar-refractivity contribution is 0.198. The van der Waals surface area contributed by atoms with Crippen molar-refractivity contribution < 1.29 is 9.16 Å². The van der Waals surface area contributed by atoms with Crippen LogP contribution in [0.3, 0.4) is 0 Å². The zero-order valence-corrected chi connectivity index (χ0v) is 15.9. The molecule has 0 heterocycles. The van der Waals surface area contributed by atoms with E-state index in [0.717, 1.165) is 24.3 Å². The van der Waals surface area contributed by atoms with Crippen molar-refractivity contribution in [1.82, 2.24) is 0 Å². The van der Waals surface area contributed by atoms with Crippen LogP contribution in [-0.4, -0.2) is 16.6 Å². The van der Waals surface area contributed by atoms with Gasteiger partial charge in [-0.2, -0.15) is 0 Å². The van der Waals surface area contributed by atoms with E-state index in [0.29, 0.717) is 10.5 Å². The van der Waals surface area contributed by atoms with Gasteiger partial charge in [-0.15, -0.1) is 0 Å². The lowest BCUT2D eigenvalue weighted by Gasteiger charge is -2.21. The molecule has 2 nitrogen and oxygen atoms in total. The van der Waals surface area contributed by atoms with E-state index in [9.17, 15) is 0 Å². The van der Waals surface area contributed by atoms with E-state index in [-0.39, 0.29) is 6.10 Å². The second-order valence-electron chi connectivity index (χ2n) is 5.77. The Bertz CT molecular complexity index is 703. The fourth-order valence-corrected chi connectivity index (χ4v) is 3.14. The van der Waals surface area contributed by atoms with Gasteiger partial charge in [-0.05, 0) is 23.3 Å². The Morgan fingerprint density at radius 2 is 1.08 bits per heavy atom. The van der Waals surface area contributed by atoms with Crippen molar-refractivity contribution in [1.29, 1.82) is 0 Å². The first-order chi connectivity index (χ1) is 11.8. The Morgan fingerprint density at radius 3 is 1.58 bits per heavy atom. The topological polar surface area (TPSA) is 18.5 Å². The Hall–Kier alpha value is -2.52. The fourth-order valence-electron chi connectivity index (χ4n) is 2.81. The summed E-state index contributed by atoms with van der Waals surface area (Å²) < 4.78 is 11.9. The molecule has 0 spiro atoms. The van der Waals surface area contributed by atoms with Crippen LogP contribution < -0.4 is 9.16 Å². The summed E-state index contributed by atoms with van der Waals surface area (Å²) in [5.74, 6) is 1.65. The lowest BCUT2D eigenvalue weighted by atomic mass is 10.0. The summed E-state index contributed by atoms with van der Waals surface area (Å²) in [6, 6.07) is 28.9. The minimum atomic E-state index is 0.0627. The molecule has 0 amide bonds. The number of hydrogen-bond donors (Lipinski definition) is 0. The zero-order chi connectivity index (χ0) is 16.6. The van der Waals surface area contributed by atoms with Gasteiger partial charge in [0.05, 0.1) is 0 Å². The van der Waals surface area contributed by atoms with Crippen LogP contribution in [0.15, 0.2) is 84.9 Å². The predicted octanol–water partition coefficient (Wildman–Crippen LogP) is 3.58. The van der Waals surface area contributed by atoms with Crippen molar-refractivity contribution in [2.45, 2.75) is 18.9 Å². The van der Waals surface area contributed by atoms with Crippen LogP contribution in [0.4, 0.5) is 0 Å². The fraction of sp³-hybridized carbons (Fsp3) is 0.143. The maximum atomic E-state index is 6.34. The maximum absolute atomic E-state index is 6.34. The normalized spacial score (nSPS) is 10.7. The number of ether oxygens (including phenoxy) is 1. The van der Waals surface area contributed by atoms with Gasteiger partial charge in [-0.1, -0.05) is 72.8 Å². The molecule has 3 heteroatoms. The molecule has 3 aromatic carbocycles. The number of hydrogen-bond acceptors (Lipinski definition) is 2. The third-order valence-corrected chi connectivity index (χ3v) is 4.41. The molecule has 0 atom stereocenters. The van der Waals surface area contributed by atoms with E-state index in [1.54, 1.807) is 0 Å². The first kappa shape index (κ1) is 16.3. The van der Waals surface area contributed by atoms with Crippen molar-refractivity contribution >= 4 is 10.5 Å². The monoisotopic (exact) mass is 334 g/mol. The quantitative estimate of drug-likeness (QED) is 0.615. The predicted molar refractivity (Wildman–Crippen MR) is 102 cm³/mol. The summed E-state index contributed by atoms with van der Waals surface area (Å²) >= 11 is 0. The molecule has 0 aliphatic carbocycles. The molecule has 3 aromatic rings. The molecule has 122 valence electrons. The lowest BCUT2D eigenvalue weighted by Crippen LogP contribution is -2.23. The highest BCUT2D eigenvalue weighted by Crippen LogP contribution is 2.28. The van der Waals surface area contributed by atoms with Crippen molar-refractivity contribution in [3.05, 3.63) is 96.1 Å². The van der Waals surface area contributed by atoms with E-state index in [2.05, 4.69) is 48.5 Å². The van der Waals surface area contributed by atoms with Crippen molar-refractivity contribution in [3.63, 3.8) is 0 Å². The van der Waals surface area contributed by atoms with Crippen molar-refractivity contribution in [2.75, 3.05) is 0 Å². The van der Waals surface area contributed by atoms with E-state index >= 15 is 0 Å². The first-order valence-electron chi connectivity index (χ1n) is 8.22. The minimum absolute atomic E-state index is 0.0627. The largest absolute Gasteiger partial charge is 0.551 e. The van der Waals surface area contributed by atoms with E-state index < -0.39 is 0 Å². The molecule has 0 saturated heterocycles. The Kier molecular flexibility index (Phi) is 5.69. The summed E-state index contributed by atoms with van der Waals surface area (Å²) in [7, 11) is 0.650. The number of rotatable bonds is 7. The molecule has 24 heavy (non-hydrogen) atoms. The average molecular weight is 334 g/mol.